The Morgan fingerprint density at radius 2 is 1.11 bits per heavy atom. The van der Waals surface area contributed by atoms with E-state index in [1.807, 2.05) is 50.2 Å². The molecule has 0 saturated heterocycles. The zero-order chi connectivity index (χ0) is 25.3. The minimum atomic E-state index is -0.488. The molecule has 4 nitrogen and oxygen atoms in total. The van der Waals surface area contributed by atoms with E-state index in [0.717, 1.165) is 17.5 Å². The van der Waals surface area contributed by atoms with Crippen LogP contribution in [-0.4, -0.2) is 24.1 Å². The van der Waals surface area contributed by atoms with E-state index < -0.39 is 12.2 Å². The summed E-state index contributed by atoms with van der Waals surface area (Å²) in [6, 6.07) is 27.9. The molecule has 37 heavy (non-hydrogen) atoms. The molecule has 3 aliphatic carbocycles. The maximum Gasteiger partial charge on any atom is 0.338 e. The van der Waals surface area contributed by atoms with Crippen LogP contribution in [0, 0.1) is 25.7 Å². The minimum Gasteiger partial charge on any atom is -0.454 e. The lowest BCUT2D eigenvalue weighted by Gasteiger charge is -2.38. The van der Waals surface area contributed by atoms with Gasteiger partial charge in [-0.15, -0.1) is 0 Å². The van der Waals surface area contributed by atoms with Gasteiger partial charge in [0.2, 0.25) is 0 Å². The van der Waals surface area contributed by atoms with Crippen LogP contribution >= 0.6 is 0 Å². The van der Waals surface area contributed by atoms with Gasteiger partial charge in [0.15, 0.2) is 0 Å². The van der Waals surface area contributed by atoms with Crippen LogP contribution in [0.3, 0.4) is 0 Å². The molecule has 0 heterocycles. The van der Waals surface area contributed by atoms with E-state index in [1.54, 1.807) is 12.1 Å². The molecule has 2 fully saturated rings. The lowest BCUT2D eigenvalue weighted by Crippen LogP contribution is -2.44. The van der Waals surface area contributed by atoms with Crippen molar-refractivity contribution in [2.24, 2.45) is 11.8 Å². The van der Waals surface area contributed by atoms with E-state index in [9.17, 15) is 9.59 Å². The molecule has 6 unspecified atom stereocenters. The smallest absolute Gasteiger partial charge is 0.338 e. The zero-order valence-electron chi connectivity index (χ0n) is 20.9. The first-order valence-electron chi connectivity index (χ1n) is 13.1. The van der Waals surface area contributed by atoms with Crippen molar-refractivity contribution in [2.75, 3.05) is 0 Å². The maximum absolute atomic E-state index is 13.3. The quantitative estimate of drug-likeness (QED) is 0.299. The molecule has 2 bridgehead atoms. The second-order valence-corrected chi connectivity index (χ2v) is 10.9. The number of fused-ring (bicyclic) bond motifs is 7. The third-order valence-electron chi connectivity index (χ3n) is 8.70. The Morgan fingerprint density at radius 1 is 0.649 bits per heavy atom. The van der Waals surface area contributed by atoms with Gasteiger partial charge in [-0.3, -0.25) is 0 Å². The number of benzene rings is 4. The maximum atomic E-state index is 13.3. The largest absolute Gasteiger partial charge is 0.454 e. The Hall–Kier alpha value is -3.92. The third kappa shape index (κ3) is 3.42. The van der Waals surface area contributed by atoms with Gasteiger partial charge in [-0.1, -0.05) is 71.8 Å². The van der Waals surface area contributed by atoms with Crippen LogP contribution in [0.5, 0.6) is 0 Å². The van der Waals surface area contributed by atoms with Crippen molar-refractivity contribution in [3.05, 3.63) is 118 Å². The summed E-state index contributed by atoms with van der Waals surface area (Å²) >= 11 is 0. The van der Waals surface area contributed by atoms with Gasteiger partial charge >= 0.3 is 11.9 Å². The molecule has 184 valence electrons. The van der Waals surface area contributed by atoms with Gasteiger partial charge in [0.05, 0.1) is 11.1 Å². The van der Waals surface area contributed by atoms with Crippen LogP contribution in [0.1, 0.15) is 61.2 Å². The second-order valence-electron chi connectivity index (χ2n) is 10.9. The summed E-state index contributed by atoms with van der Waals surface area (Å²) in [5.74, 6) is -0.00829. The molecule has 0 aliphatic heterocycles. The topological polar surface area (TPSA) is 52.6 Å². The normalized spacial score (nSPS) is 26.8. The molecule has 4 heteroatoms. The molecule has 0 aromatic heterocycles. The molecule has 6 atom stereocenters. The molecule has 0 N–H and O–H groups in total. The summed E-state index contributed by atoms with van der Waals surface area (Å²) in [5.41, 5.74) is 5.74. The van der Waals surface area contributed by atoms with Gasteiger partial charge in [0.1, 0.15) is 12.2 Å². The predicted molar refractivity (Wildman–Crippen MR) is 142 cm³/mol. The number of aryl methyl sites for hydroxylation is 2. The Bertz CT molecular complexity index is 1460. The molecular formula is C33H28O4. The highest BCUT2D eigenvalue weighted by molar-refractivity contribution is 5.93. The Morgan fingerprint density at radius 3 is 1.57 bits per heavy atom. The minimum absolute atomic E-state index is 0.0945. The molecule has 7 rings (SSSR count). The molecule has 3 aliphatic rings. The summed E-state index contributed by atoms with van der Waals surface area (Å²) in [6.45, 7) is 3.92. The number of rotatable bonds is 4. The van der Waals surface area contributed by atoms with Crippen LogP contribution < -0.4 is 0 Å². The fourth-order valence-electron chi connectivity index (χ4n) is 7.34. The summed E-state index contributed by atoms with van der Waals surface area (Å²) in [7, 11) is 0. The van der Waals surface area contributed by atoms with Gasteiger partial charge in [-0.25, -0.2) is 9.59 Å². The molecule has 4 aromatic carbocycles. The van der Waals surface area contributed by atoms with Crippen molar-refractivity contribution in [1.29, 1.82) is 0 Å². The lowest BCUT2D eigenvalue weighted by molar-refractivity contribution is -0.0633. The summed E-state index contributed by atoms with van der Waals surface area (Å²) in [4.78, 5) is 26.6. The Balaban J connectivity index is 1.27. The third-order valence-corrected chi connectivity index (χ3v) is 8.70. The molecular weight excluding hydrogens is 460 g/mol. The van der Waals surface area contributed by atoms with E-state index >= 15 is 0 Å². The highest BCUT2D eigenvalue weighted by Crippen LogP contribution is 2.67. The highest BCUT2D eigenvalue weighted by atomic mass is 16.6. The van der Waals surface area contributed by atoms with Crippen molar-refractivity contribution < 1.29 is 19.1 Å². The van der Waals surface area contributed by atoms with Crippen molar-refractivity contribution in [1.82, 2.24) is 0 Å². The van der Waals surface area contributed by atoms with E-state index in [0.29, 0.717) is 11.1 Å². The first-order chi connectivity index (χ1) is 18.0. The molecule has 0 radical (unpaired) electrons. The van der Waals surface area contributed by atoms with Crippen molar-refractivity contribution in [2.45, 2.75) is 44.3 Å². The van der Waals surface area contributed by atoms with E-state index in [4.69, 9.17) is 9.47 Å². The Labute approximate surface area is 216 Å². The number of hydrogen-bond acceptors (Lipinski definition) is 4. The van der Waals surface area contributed by atoms with Crippen LogP contribution in [-0.2, 0) is 9.47 Å². The van der Waals surface area contributed by atoms with Crippen molar-refractivity contribution in [3.63, 3.8) is 0 Å². The monoisotopic (exact) mass is 488 g/mol. The highest BCUT2D eigenvalue weighted by Gasteiger charge is 2.64. The lowest BCUT2D eigenvalue weighted by atomic mass is 9.75. The van der Waals surface area contributed by atoms with Gasteiger partial charge < -0.3 is 9.47 Å². The van der Waals surface area contributed by atoms with Crippen LogP contribution in [0.25, 0.3) is 10.8 Å². The number of ether oxygens (including phenoxy) is 2. The first-order valence-corrected chi connectivity index (χ1v) is 13.1. The van der Waals surface area contributed by atoms with Crippen LogP contribution in [0.2, 0.25) is 0 Å². The van der Waals surface area contributed by atoms with Gasteiger partial charge in [-0.2, -0.15) is 0 Å². The molecule has 4 aromatic rings. The standard InChI is InChI=1S/C33H28O4/c1-18-7-3-11-21(15-18)32(34)36-30-25-17-26(31(30)37-33(35)22-12-4-8-19(2)16-22)29-24-14-6-10-20-9-5-13-23(27(20)24)28(25)29/h3-16,25-26,28-31H,17H2,1-2H3. The first kappa shape index (κ1) is 22.3. The number of hydrogen-bond donors (Lipinski definition) is 0. The number of esters is 2. The second kappa shape index (κ2) is 8.31. The molecule has 0 spiro atoms. The zero-order valence-corrected chi connectivity index (χ0v) is 20.9. The SMILES string of the molecule is Cc1cccc(C(=O)OC2C3CC(C2OC(=O)c2cccc(C)c2)C2c4cccc5cccc(c45)C32)c1. The van der Waals surface area contributed by atoms with E-state index in [1.165, 1.54) is 21.9 Å². The molecule has 2 saturated carbocycles. The summed E-state index contributed by atoms with van der Waals surface area (Å²) < 4.78 is 12.5. The van der Waals surface area contributed by atoms with Crippen molar-refractivity contribution in [3.8, 4) is 0 Å². The average molecular weight is 489 g/mol. The summed E-state index contributed by atoms with van der Waals surface area (Å²) in [6.07, 6.45) is -0.104. The van der Waals surface area contributed by atoms with Gasteiger partial charge in [-0.05, 0) is 78.3 Å². The Kier molecular flexibility index (Phi) is 5.00. The fraction of sp³-hybridized carbons (Fsp3) is 0.273. The van der Waals surface area contributed by atoms with Gasteiger partial charge in [0.25, 0.3) is 0 Å². The average Bonchev–Trinajstić information content (AvgIpc) is 3.55. The van der Waals surface area contributed by atoms with Crippen LogP contribution in [0.4, 0.5) is 0 Å². The fourth-order valence-corrected chi connectivity index (χ4v) is 7.34. The predicted octanol–water partition coefficient (Wildman–Crippen LogP) is 6.74. The van der Waals surface area contributed by atoms with E-state index in [2.05, 4.69) is 36.4 Å². The van der Waals surface area contributed by atoms with Crippen molar-refractivity contribution >= 4 is 22.7 Å². The summed E-state index contributed by atoms with van der Waals surface area (Å²) in [5, 5.41) is 2.56. The van der Waals surface area contributed by atoms with Crippen LogP contribution in [0.15, 0.2) is 84.9 Å². The van der Waals surface area contributed by atoms with Gasteiger partial charge in [0, 0.05) is 11.8 Å². The molecule has 0 amide bonds. The number of carbonyl (C=O) groups excluding carboxylic acids is 2. The number of carbonyl (C=O) groups is 2. The van der Waals surface area contributed by atoms with E-state index in [-0.39, 0.29) is 35.6 Å².